The van der Waals surface area contributed by atoms with Gasteiger partial charge < -0.3 is 14.8 Å². The zero-order valence-corrected chi connectivity index (χ0v) is 9.34. The predicted molar refractivity (Wildman–Crippen MR) is 53.3 cm³/mol. The van der Waals surface area contributed by atoms with Gasteiger partial charge in [0.25, 0.3) is 0 Å². The number of sulfonamides is 1. The van der Waals surface area contributed by atoms with Crippen molar-refractivity contribution in [2.24, 2.45) is 5.14 Å². The lowest BCUT2D eigenvalue weighted by molar-refractivity contribution is -0.0986. The van der Waals surface area contributed by atoms with Gasteiger partial charge in [0.1, 0.15) is 0 Å². The van der Waals surface area contributed by atoms with Crippen molar-refractivity contribution < 1.29 is 17.9 Å². The standard InChI is InChI=1S/C7H18N2O4S/c1-12-7(13-2)6-9-4-3-5-14(8,10)11/h7,9H,3-6H2,1-2H3,(H2,8,10,11). The van der Waals surface area contributed by atoms with E-state index < -0.39 is 10.0 Å². The molecule has 0 amide bonds. The Bertz CT molecular complexity index is 226. The maximum Gasteiger partial charge on any atom is 0.209 e. The summed E-state index contributed by atoms with van der Waals surface area (Å²) in [4.78, 5) is 0. The van der Waals surface area contributed by atoms with Crippen LogP contribution in [0.4, 0.5) is 0 Å². The normalized spacial score (nSPS) is 12.3. The molecule has 0 saturated heterocycles. The quantitative estimate of drug-likeness (QED) is 0.404. The van der Waals surface area contributed by atoms with Gasteiger partial charge in [-0.05, 0) is 13.0 Å². The Labute approximate surface area is 84.8 Å². The first-order valence-corrected chi connectivity index (χ1v) is 5.98. The Hall–Kier alpha value is -0.210. The van der Waals surface area contributed by atoms with Crippen LogP contribution in [0.5, 0.6) is 0 Å². The molecule has 7 heteroatoms. The SMILES string of the molecule is COC(CNCCCS(N)(=O)=O)OC. The first kappa shape index (κ1) is 13.8. The lowest BCUT2D eigenvalue weighted by Gasteiger charge is -2.13. The molecule has 0 radical (unpaired) electrons. The molecule has 14 heavy (non-hydrogen) atoms. The summed E-state index contributed by atoms with van der Waals surface area (Å²) in [7, 11) is -0.255. The van der Waals surface area contributed by atoms with Crippen molar-refractivity contribution >= 4 is 10.0 Å². The molecule has 0 saturated carbocycles. The van der Waals surface area contributed by atoms with Gasteiger partial charge in [0.2, 0.25) is 10.0 Å². The molecule has 86 valence electrons. The second-order valence-electron chi connectivity index (χ2n) is 2.83. The van der Waals surface area contributed by atoms with Gasteiger partial charge in [-0.2, -0.15) is 0 Å². The van der Waals surface area contributed by atoms with E-state index >= 15 is 0 Å². The van der Waals surface area contributed by atoms with Crippen molar-refractivity contribution in [2.45, 2.75) is 12.7 Å². The summed E-state index contributed by atoms with van der Waals surface area (Å²) in [6, 6.07) is 0. The molecule has 0 spiro atoms. The van der Waals surface area contributed by atoms with Crippen LogP contribution in [0.15, 0.2) is 0 Å². The van der Waals surface area contributed by atoms with Crippen LogP contribution in [-0.4, -0.2) is 47.8 Å². The zero-order valence-electron chi connectivity index (χ0n) is 8.52. The minimum Gasteiger partial charge on any atom is -0.355 e. The molecule has 0 aliphatic carbocycles. The third-order valence-electron chi connectivity index (χ3n) is 1.62. The fourth-order valence-corrected chi connectivity index (χ4v) is 1.43. The molecule has 0 aliphatic heterocycles. The number of nitrogens with one attached hydrogen (secondary N) is 1. The Morgan fingerprint density at radius 2 is 1.93 bits per heavy atom. The van der Waals surface area contributed by atoms with Gasteiger partial charge in [0.15, 0.2) is 6.29 Å². The number of hydrogen-bond acceptors (Lipinski definition) is 5. The van der Waals surface area contributed by atoms with Crippen LogP contribution >= 0.6 is 0 Å². The predicted octanol–water partition coefficient (Wildman–Crippen LogP) is -1.13. The van der Waals surface area contributed by atoms with Gasteiger partial charge in [-0.25, -0.2) is 13.6 Å². The van der Waals surface area contributed by atoms with E-state index in [1.54, 1.807) is 14.2 Å². The van der Waals surface area contributed by atoms with E-state index in [2.05, 4.69) is 5.32 Å². The summed E-state index contributed by atoms with van der Waals surface area (Å²) in [5.74, 6) is -0.00929. The molecular formula is C7H18N2O4S. The molecule has 0 bridgehead atoms. The van der Waals surface area contributed by atoms with Crippen molar-refractivity contribution in [3.63, 3.8) is 0 Å². The average molecular weight is 226 g/mol. The topological polar surface area (TPSA) is 90.6 Å². The second-order valence-corrected chi connectivity index (χ2v) is 4.56. The molecule has 0 aromatic rings. The van der Waals surface area contributed by atoms with E-state index in [1.807, 2.05) is 0 Å². The smallest absolute Gasteiger partial charge is 0.209 e. The van der Waals surface area contributed by atoms with E-state index in [0.717, 1.165) is 0 Å². The van der Waals surface area contributed by atoms with Crippen molar-refractivity contribution in [1.29, 1.82) is 0 Å². The largest absolute Gasteiger partial charge is 0.355 e. The van der Waals surface area contributed by atoms with Crippen molar-refractivity contribution in [3.8, 4) is 0 Å². The number of methoxy groups -OCH3 is 2. The maximum atomic E-state index is 10.5. The molecule has 0 aromatic carbocycles. The minimum absolute atomic E-state index is 0.00929. The summed E-state index contributed by atoms with van der Waals surface area (Å²) in [6.07, 6.45) is 0.184. The Morgan fingerprint density at radius 3 is 2.36 bits per heavy atom. The molecule has 0 aromatic heterocycles. The molecule has 3 N–H and O–H groups in total. The highest BCUT2D eigenvalue weighted by molar-refractivity contribution is 7.89. The third-order valence-corrected chi connectivity index (χ3v) is 2.48. The fourth-order valence-electron chi connectivity index (χ4n) is 0.881. The molecular weight excluding hydrogens is 208 g/mol. The van der Waals surface area contributed by atoms with Crippen molar-refractivity contribution in [1.82, 2.24) is 5.32 Å². The Morgan fingerprint density at radius 1 is 1.36 bits per heavy atom. The maximum absolute atomic E-state index is 10.5. The van der Waals surface area contributed by atoms with Gasteiger partial charge in [-0.15, -0.1) is 0 Å². The van der Waals surface area contributed by atoms with E-state index in [1.165, 1.54) is 0 Å². The van der Waals surface area contributed by atoms with Gasteiger partial charge in [0, 0.05) is 20.8 Å². The summed E-state index contributed by atoms with van der Waals surface area (Å²) in [6.45, 7) is 1.09. The summed E-state index contributed by atoms with van der Waals surface area (Å²) in [5.41, 5.74) is 0. The number of ether oxygens (including phenoxy) is 2. The second kappa shape index (κ2) is 7.13. The third kappa shape index (κ3) is 8.39. The molecule has 0 atom stereocenters. The van der Waals surface area contributed by atoms with Crippen LogP contribution in [0.1, 0.15) is 6.42 Å². The number of hydrogen-bond donors (Lipinski definition) is 2. The lowest BCUT2D eigenvalue weighted by Crippen LogP contribution is -2.31. The average Bonchev–Trinajstić information content (AvgIpc) is 2.09. The molecule has 0 aliphatic rings. The minimum atomic E-state index is -3.34. The highest BCUT2D eigenvalue weighted by Crippen LogP contribution is 1.88. The van der Waals surface area contributed by atoms with E-state index in [-0.39, 0.29) is 12.0 Å². The van der Waals surface area contributed by atoms with Crippen LogP contribution < -0.4 is 10.5 Å². The first-order chi connectivity index (χ1) is 6.49. The van der Waals surface area contributed by atoms with Crippen LogP contribution in [0, 0.1) is 0 Å². The molecule has 6 nitrogen and oxygen atoms in total. The first-order valence-electron chi connectivity index (χ1n) is 4.26. The Balaban J connectivity index is 3.38. The van der Waals surface area contributed by atoms with Gasteiger partial charge in [-0.1, -0.05) is 0 Å². The van der Waals surface area contributed by atoms with Crippen LogP contribution in [0.3, 0.4) is 0 Å². The van der Waals surface area contributed by atoms with Crippen LogP contribution in [0.25, 0.3) is 0 Å². The van der Waals surface area contributed by atoms with Gasteiger partial charge >= 0.3 is 0 Å². The molecule has 0 rings (SSSR count). The molecule has 0 fully saturated rings. The van der Waals surface area contributed by atoms with E-state index in [0.29, 0.717) is 19.5 Å². The summed E-state index contributed by atoms with van der Waals surface area (Å²) in [5, 5.41) is 7.81. The monoisotopic (exact) mass is 226 g/mol. The highest BCUT2D eigenvalue weighted by Gasteiger charge is 2.04. The Kier molecular flexibility index (Phi) is 7.02. The zero-order chi connectivity index (χ0) is 11.0. The highest BCUT2D eigenvalue weighted by atomic mass is 32.2. The van der Waals surface area contributed by atoms with Crippen LogP contribution in [0.2, 0.25) is 0 Å². The summed E-state index contributed by atoms with van der Waals surface area (Å²) < 4.78 is 30.9. The number of rotatable bonds is 8. The van der Waals surface area contributed by atoms with Gasteiger partial charge in [0.05, 0.1) is 5.75 Å². The van der Waals surface area contributed by atoms with Crippen molar-refractivity contribution in [3.05, 3.63) is 0 Å². The molecule has 0 unspecified atom stereocenters. The number of nitrogens with two attached hydrogens (primary N) is 1. The van der Waals surface area contributed by atoms with E-state index in [4.69, 9.17) is 14.6 Å². The van der Waals surface area contributed by atoms with Crippen molar-refractivity contribution in [2.75, 3.05) is 33.1 Å². The summed E-state index contributed by atoms with van der Waals surface area (Å²) >= 11 is 0. The molecule has 0 heterocycles. The fraction of sp³-hybridized carbons (Fsp3) is 1.00. The van der Waals surface area contributed by atoms with Gasteiger partial charge in [-0.3, -0.25) is 0 Å². The number of primary sulfonamides is 1. The van der Waals surface area contributed by atoms with E-state index in [9.17, 15) is 8.42 Å². The lowest BCUT2D eigenvalue weighted by atomic mass is 10.4. The van der Waals surface area contributed by atoms with Crippen LogP contribution in [-0.2, 0) is 19.5 Å².